The van der Waals surface area contributed by atoms with Gasteiger partial charge in [-0.15, -0.1) is 10.2 Å². The molecule has 2 aromatic heterocycles. The second-order valence-electron chi connectivity index (χ2n) is 4.33. The first-order valence-corrected chi connectivity index (χ1v) is 7.08. The Kier molecular flexibility index (Phi) is 3.82. The van der Waals surface area contributed by atoms with Crippen molar-refractivity contribution in [1.29, 1.82) is 0 Å². The largest absolute Gasteiger partial charge is 0.445 e. The molecule has 3 aromatic rings. The Bertz CT molecular complexity index is 828. The van der Waals surface area contributed by atoms with E-state index in [0.717, 1.165) is 0 Å². The third-order valence-corrected chi connectivity index (χ3v) is 3.67. The molecule has 0 atom stereocenters. The number of hydrogen-bond acceptors (Lipinski definition) is 5. The topological polar surface area (TPSA) is 72.7 Å². The van der Waals surface area contributed by atoms with E-state index < -0.39 is 17.1 Å². The van der Waals surface area contributed by atoms with Crippen LogP contribution < -0.4 is 5.32 Å². The first kappa shape index (κ1) is 15.2. The zero-order valence-electron chi connectivity index (χ0n) is 11.3. The minimum Gasteiger partial charge on any atom is -0.296 e. The Morgan fingerprint density at radius 3 is 2.61 bits per heavy atom. The molecular formula is C13H8F3N5OS. The van der Waals surface area contributed by atoms with Crippen molar-refractivity contribution in [2.24, 2.45) is 0 Å². The number of hydrogen-bond donors (Lipinski definition) is 1. The number of anilines is 1. The number of aromatic nitrogens is 4. The van der Waals surface area contributed by atoms with Gasteiger partial charge in [-0.05, 0) is 18.2 Å². The molecule has 0 radical (unpaired) electrons. The molecule has 2 heterocycles. The fraction of sp³-hybridized carbons (Fsp3) is 0.0769. The van der Waals surface area contributed by atoms with Gasteiger partial charge in [-0.3, -0.25) is 10.1 Å². The van der Waals surface area contributed by atoms with E-state index in [2.05, 4.69) is 20.6 Å². The Hall–Kier alpha value is -2.75. The summed E-state index contributed by atoms with van der Waals surface area (Å²) in [7, 11) is 0. The van der Waals surface area contributed by atoms with Crippen LogP contribution in [0.3, 0.4) is 0 Å². The third kappa shape index (κ3) is 3.21. The van der Waals surface area contributed by atoms with Crippen LogP contribution in [0.1, 0.15) is 15.4 Å². The van der Waals surface area contributed by atoms with Crippen LogP contribution in [0.25, 0.3) is 5.69 Å². The summed E-state index contributed by atoms with van der Waals surface area (Å²) in [5, 5.41) is 11.4. The van der Waals surface area contributed by atoms with Gasteiger partial charge in [-0.1, -0.05) is 23.5 Å². The van der Waals surface area contributed by atoms with Crippen LogP contribution in [0.15, 0.2) is 42.7 Å². The number of carbonyl (C=O) groups excluding carboxylic acids is 1. The Morgan fingerprint density at radius 2 is 1.96 bits per heavy atom. The molecular weight excluding hydrogens is 331 g/mol. The van der Waals surface area contributed by atoms with E-state index in [1.807, 2.05) is 0 Å². The molecule has 1 aromatic carbocycles. The number of alkyl halides is 3. The van der Waals surface area contributed by atoms with Crippen molar-refractivity contribution in [3.05, 3.63) is 53.3 Å². The first-order valence-electron chi connectivity index (χ1n) is 6.26. The van der Waals surface area contributed by atoms with Crippen molar-refractivity contribution >= 4 is 22.4 Å². The second kappa shape index (κ2) is 5.80. The lowest BCUT2D eigenvalue weighted by Crippen LogP contribution is -2.15. The number of nitrogens with one attached hydrogen (secondary N) is 1. The number of amides is 1. The molecule has 0 bridgehead atoms. The molecule has 118 valence electrons. The van der Waals surface area contributed by atoms with Crippen molar-refractivity contribution in [3.63, 3.8) is 0 Å². The molecule has 23 heavy (non-hydrogen) atoms. The quantitative estimate of drug-likeness (QED) is 0.796. The summed E-state index contributed by atoms with van der Waals surface area (Å²) < 4.78 is 39.0. The van der Waals surface area contributed by atoms with Gasteiger partial charge in [0.15, 0.2) is 0 Å². The lowest BCUT2D eigenvalue weighted by Gasteiger charge is -2.08. The Labute approximate surface area is 131 Å². The minimum absolute atomic E-state index is 0.224. The van der Waals surface area contributed by atoms with E-state index in [1.165, 1.54) is 10.7 Å². The summed E-state index contributed by atoms with van der Waals surface area (Å²) in [6, 6.07) is 8.26. The SMILES string of the molecule is O=C(Nc1nnc(C(F)(F)F)s1)c1ccccc1-n1cccn1. The summed E-state index contributed by atoms with van der Waals surface area (Å²) >= 11 is 0.265. The van der Waals surface area contributed by atoms with Gasteiger partial charge in [0.1, 0.15) is 0 Å². The molecule has 3 rings (SSSR count). The van der Waals surface area contributed by atoms with E-state index in [9.17, 15) is 18.0 Å². The zero-order valence-corrected chi connectivity index (χ0v) is 12.1. The van der Waals surface area contributed by atoms with Gasteiger partial charge in [-0.25, -0.2) is 4.68 Å². The molecule has 0 unspecified atom stereocenters. The van der Waals surface area contributed by atoms with Crippen LogP contribution in [0.5, 0.6) is 0 Å². The molecule has 0 saturated carbocycles. The molecule has 0 saturated heterocycles. The molecule has 0 spiro atoms. The summed E-state index contributed by atoms with van der Waals surface area (Å²) in [5.41, 5.74) is 0.746. The number of carbonyl (C=O) groups is 1. The molecule has 0 aliphatic rings. The summed E-state index contributed by atoms with van der Waals surface area (Å²) in [6.45, 7) is 0. The Morgan fingerprint density at radius 1 is 1.17 bits per heavy atom. The fourth-order valence-corrected chi connectivity index (χ4v) is 2.44. The van der Waals surface area contributed by atoms with Gasteiger partial charge in [0.25, 0.3) is 5.91 Å². The van der Waals surface area contributed by atoms with Gasteiger partial charge < -0.3 is 0 Å². The van der Waals surface area contributed by atoms with E-state index in [1.54, 1.807) is 36.7 Å². The van der Waals surface area contributed by atoms with Gasteiger partial charge >= 0.3 is 6.18 Å². The summed E-state index contributed by atoms with van der Waals surface area (Å²) in [6.07, 6.45) is -1.39. The fourth-order valence-electron chi connectivity index (χ4n) is 1.83. The maximum absolute atomic E-state index is 12.5. The van der Waals surface area contributed by atoms with E-state index >= 15 is 0 Å². The van der Waals surface area contributed by atoms with E-state index in [0.29, 0.717) is 5.69 Å². The molecule has 0 aliphatic carbocycles. The van der Waals surface area contributed by atoms with Gasteiger partial charge in [0, 0.05) is 12.4 Å². The van der Waals surface area contributed by atoms with Crippen molar-refractivity contribution < 1.29 is 18.0 Å². The number of rotatable bonds is 3. The zero-order chi connectivity index (χ0) is 16.4. The average molecular weight is 339 g/mol. The monoisotopic (exact) mass is 339 g/mol. The van der Waals surface area contributed by atoms with Crippen LogP contribution in [0.2, 0.25) is 0 Å². The predicted molar refractivity (Wildman–Crippen MR) is 76.4 cm³/mol. The molecule has 0 fully saturated rings. The second-order valence-corrected chi connectivity index (χ2v) is 5.31. The normalized spacial score (nSPS) is 11.4. The third-order valence-electron chi connectivity index (χ3n) is 2.79. The number of halogens is 3. The van der Waals surface area contributed by atoms with Crippen LogP contribution in [-0.4, -0.2) is 25.9 Å². The highest BCUT2D eigenvalue weighted by molar-refractivity contribution is 7.15. The highest BCUT2D eigenvalue weighted by Crippen LogP contribution is 2.33. The van der Waals surface area contributed by atoms with E-state index in [4.69, 9.17) is 0 Å². The highest BCUT2D eigenvalue weighted by atomic mass is 32.1. The summed E-state index contributed by atoms with van der Waals surface area (Å²) in [5.74, 6) is -0.596. The van der Waals surface area contributed by atoms with Crippen LogP contribution in [-0.2, 0) is 6.18 Å². The van der Waals surface area contributed by atoms with Crippen molar-refractivity contribution in [3.8, 4) is 5.69 Å². The maximum Gasteiger partial charge on any atom is 0.445 e. The smallest absolute Gasteiger partial charge is 0.296 e. The highest BCUT2D eigenvalue weighted by Gasteiger charge is 2.35. The van der Waals surface area contributed by atoms with Gasteiger partial charge in [0.2, 0.25) is 10.1 Å². The molecule has 10 heteroatoms. The van der Waals surface area contributed by atoms with Crippen LogP contribution >= 0.6 is 11.3 Å². The van der Waals surface area contributed by atoms with Crippen molar-refractivity contribution in [1.82, 2.24) is 20.0 Å². The average Bonchev–Trinajstić information content (AvgIpc) is 3.18. The lowest BCUT2D eigenvalue weighted by molar-refractivity contribution is -0.138. The minimum atomic E-state index is -4.59. The molecule has 1 N–H and O–H groups in total. The van der Waals surface area contributed by atoms with Gasteiger partial charge in [-0.2, -0.15) is 18.3 Å². The molecule has 1 amide bonds. The molecule has 6 nitrogen and oxygen atoms in total. The van der Waals surface area contributed by atoms with Gasteiger partial charge in [0.05, 0.1) is 11.3 Å². The lowest BCUT2D eigenvalue weighted by atomic mass is 10.1. The van der Waals surface area contributed by atoms with Crippen LogP contribution in [0, 0.1) is 0 Å². The number of benzene rings is 1. The first-order chi connectivity index (χ1) is 10.9. The number of para-hydroxylation sites is 1. The van der Waals surface area contributed by atoms with Crippen molar-refractivity contribution in [2.45, 2.75) is 6.18 Å². The molecule has 0 aliphatic heterocycles. The predicted octanol–water partition coefficient (Wildman–Crippen LogP) is 2.99. The van der Waals surface area contributed by atoms with Crippen molar-refractivity contribution in [2.75, 3.05) is 5.32 Å². The van der Waals surface area contributed by atoms with E-state index in [-0.39, 0.29) is 22.0 Å². The Balaban J connectivity index is 1.86. The standard InChI is InChI=1S/C13H8F3N5OS/c14-13(15,16)11-19-20-12(23-11)18-10(22)8-4-1-2-5-9(8)21-7-3-6-17-21/h1-7H,(H,18,20,22). The van der Waals surface area contributed by atoms with Crippen LogP contribution in [0.4, 0.5) is 18.3 Å². The maximum atomic E-state index is 12.5. The number of nitrogens with zero attached hydrogens (tertiary/aromatic N) is 4. The summed E-state index contributed by atoms with van der Waals surface area (Å²) in [4.78, 5) is 12.3.